The van der Waals surface area contributed by atoms with Crippen molar-refractivity contribution >= 4 is 17.9 Å². The van der Waals surface area contributed by atoms with Gasteiger partial charge in [-0.1, -0.05) is 32.9 Å². The first kappa shape index (κ1) is 22.5. The van der Waals surface area contributed by atoms with E-state index in [-0.39, 0.29) is 36.9 Å². The summed E-state index contributed by atoms with van der Waals surface area (Å²) in [6.07, 6.45) is -0.648. The van der Waals surface area contributed by atoms with Crippen molar-refractivity contribution in [3.05, 3.63) is 35.4 Å². The van der Waals surface area contributed by atoms with Crippen LogP contribution in [0.2, 0.25) is 0 Å². The van der Waals surface area contributed by atoms with Crippen LogP contribution in [0.15, 0.2) is 24.3 Å². The van der Waals surface area contributed by atoms with Gasteiger partial charge in [-0.2, -0.15) is 0 Å². The number of carbonyl (C=O) groups excluding carboxylic acids is 3. The molecular weight excluding hydrogens is 346 g/mol. The fourth-order valence-corrected chi connectivity index (χ4v) is 2.13. The van der Waals surface area contributed by atoms with Crippen molar-refractivity contribution in [3.8, 4) is 0 Å². The van der Waals surface area contributed by atoms with Crippen LogP contribution in [0.4, 0.5) is 4.79 Å². The summed E-state index contributed by atoms with van der Waals surface area (Å²) in [7, 11) is 0. The second kappa shape index (κ2) is 9.39. The maximum absolute atomic E-state index is 12.1. The predicted octanol–water partition coefficient (Wildman–Crippen LogP) is 2.35. The highest BCUT2D eigenvalue weighted by atomic mass is 16.6. The highest BCUT2D eigenvalue weighted by molar-refractivity contribution is 5.94. The van der Waals surface area contributed by atoms with Gasteiger partial charge in [0.2, 0.25) is 5.91 Å². The SMILES string of the molecule is CC(C)(C)OC(=O)NCC(=O)NCCNC(=O)c1ccc(C(C)(C)C)cc1. The Morgan fingerprint density at radius 2 is 1.41 bits per heavy atom. The van der Waals surface area contributed by atoms with Crippen molar-refractivity contribution in [1.82, 2.24) is 16.0 Å². The number of nitrogens with one attached hydrogen (secondary N) is 3. The maximum atomic E-state index is 12.1. The topological polar surface area (TPSA) is 96.5 Å². The van der Waals surface area contributed by atoms with Gasteiger partial charge < -0.3 is 20.7 Å². The molecule has 0 bridgehead atoms. The molecule has 0 atom stereocenters. The third-order valence-electron chi connectivity index (χ3n) is 3.54. The van der Waals surface area contributed by atoms with Crippen LogP contribution in [-0.2, 0) is 14.9 Å². The lowest BCUT2D eigenvalue weighted by Crippen LogP contribution is -2.42. The molecule has 0 saturated carbocycles. The Bertz CT molecular complexity index is 655. The monoisotopic (exact) mass is 377 g/mol. The third kappa shape index (κ3) is 9.08. The van der Waals surface area contributed by atoms with Crippen LogP contribution < -0.4 is 16.0 Å². The van der Waals surface area contributed by atoms with Gasteiger partial charge in [0.25, 0.3) is 5.91 Å². The van der Waals surface area contributed by atoms with Gasteiger partial charge in [0.05, 0.1) is 6.54 Å². The molecule has 0 aromatic heterocycles. The number of benzene rings is 1. The Morgan fingerprint density at radius 3 is 1.93 bits per heavy atom. The van der Waals surface area contributed by atoms with Gasteiger partial charge in [-0.05, 0) is 43.9 Å². The van der Waals surface area contributed by atoms with Gasteiger partial charge in [0.1, 0.15) is 5.60 Å². The van der Waals surface area contributed by atoms with Gasteiger partial charge in [-0.3, -0.25) is 9.59 Å². The molecule has 3 N–H and O–H groups in total. The van der Waals surface area contributed by atoms with E-state index >= 15 is 0 Å². The average Bonchev–Trinajstić information content (AvgIpc) is 2.54. The zero-order valence-electron chi connectivity index (χ0n) is 17.1. The molecule has 0 spiro atoms. The van der Waals surface area contributed by atoms with Crippen molar-refractivity contribution in [2.45, 2.75) is 52.6 Å². The zero-order chi connectivity index (χ0) is 20.7. The molecule has 0 aliphatic carbocycles. The summed E-state index contributed by atoms with van der Waals surface area (Å²) in [5.74, 6) is -0.554. The Balaban J connectivity index is 2.28. The lowest BCUT2D eigenvalue weighted by molar-refractivity contribution is -0.120. The standard InChI is InChI=1S/C20H31N3O4/c1-19(2,3)15-9-7-14(8-10-15)17(25)22-12-11-21-16(24)13-23-18(26)27-20(4,5)6/h7-10H,11-13H2,1-6H3,(H,21,24)(H,22,25)(H,23,26). The average molecular weight is 377 g/mol. The lowest BCUT2D eigenvalue weighted by atomic mass is 9.87. The fourth-order valence-electron chi connectivity index (χ4n) is 2.13. The molecule has 1 aromatic carbocycles. The number of amides is 3. The first-order valence-electron chi connectivity index (χ1n) is 9.01. The molecule has 0 aliphatic heterocycles. The molecule has 1 aromatic rings. The van der Waals surface area contributed by atoms with Gasteiger partial charge in [-0.15, -0.1) is 0 Å². The molecule has 0 radical (unpaired) electrons. The van der Waals surface area contributed by atoms with E-state index in [1.165, 1.54) is 0 Å². The molecule has 27 heavy (non-hydrogen) atoms. The third-order valence-corrected chi connectivity index (χ3v) is 3.54. The van der Waals surface area contributed by atoms with Gasteiger partial charge in [0, 0.05) is 18.7 Å². The summed E-state index contributed by atoms with van der Waals surface area (Å²) in [4.78, 5) is 35.2. The van der Waals surface area contributed by atoms with Crippen LogP contribution in [0.5, 0.6) is 0 Å². The second-order valence-electron chi connectivity index (χ2n) is 8.29. The molecule has 0 fully saturated rings. The van der Waals surface area contributed by atoms with E-state index in [0.29, 0.717) is 5.56 Å². The van der Waals surface area contributed by atoms with Gasteiger partial charge in [-0.25, -0.2) is 4.79 Å². The van der Waals surface area contributed by atoms with Crippen LogP contribution >= 0.6 is 0 Å². The Hall–Kier alpha value is -2.57. The summed E-state index contributed by atoms with van der Waals surface area (Å²) < 4.78 is 5.04. The largest absolute Gasteiger partial charge is 0.444 e. The number of alkyl carbamates (subject to hydrolysis) is 1. The van der Waals surface area contributed by atoms with Crippen molar-refractivity contribution < 1.29 is 19.1 Å². The van der Waals surface area contributed by atoms with Crippen molar-refractivity contribution in [1.29, 1.82) is 0 Å². The van der Waals surface area contributed by atoms with E-state index in [9.17, 15) is 14.4 Å². The van der Waals surface area contributed by atoms with Crippen LogP contribution in [0.1, 0.15) is 57.5 Å². The first-order valence-corrected chi connectivity index (χ1v) is 9.01. The smallest absolute Gasteiger partial charge is 0.408 e. The molecule has 0 aliphatic rings. The van der Waals surface area contributed by atoms with Crippen molar-refractivity contribution in [2.24, 2.45) is 0 Å². The molecule has 3 amide bonds. The van der Waals surface area contributed by atoms with E-state index in [1.54, 1.807) is 32.9 Å². The number of ether oxygens (including phenoxy) is 1. The molecular formula is C20H31N3O4. The number of hydrogen-bond acceptors (Lipinski definition) is 4. The number of carbonyl (C=O) groups is 3. The summed E-state index contributed by atoms with van der Waals surface area (Å²) in [5, 5.41) is 7.73. The first-order chi connectivity index (χ1) is 12.4. The molecule has 0 saturated heterocycles. The van der Waals surface area contributed by atoms with Crippen LogP contribution in [0.3, 0.4) is 0 Å². The Labute approximate surface area is 161 Å². The zero-order valence-corrected chi connectivity index (χ0v) is 17.1. The number of hydrogen-bond donors (Lipinski definition) is 3. The minimum absolute atomic E-state index is 0.0344. The van der Waals surface area contributed by atoms with E-state index < -0.39 is 11.7 Å². The van der Waals surface area contributed by atoms with Crippen LogP contribution in [0, 0.1) is 0 Å². The molecule has 150 valence electrons. The maximum Gasteiger partial charge on any atom is 0.408 e. The van der Waals surface area contributed by atoms with Crippen molar-refractivity contribution in [3.63, 3.8) is 0 Å². The van der Waals surface area contributed by atoms with E-state index in [0.717, 1.165) is 5.56 Å². The highest BCUT2D eigenvalue weighted by Gasteiger charge is 2.16. The highest BCUT2D eigenvalue weighted by Crippen LogP contribution is 2.22. The molecule has 0 heterocycles. The minimum Gasteiger partial charge on any atom is -0.444 e. The van der Waals surface area contributed by atoms with Crippen LogP contribution in [0.25, 0.3) is 0 Å². The lowest BCUT2D eigenvalue weighted by Gasteiger charge is -2.19. The van der Waals surface area contributed by atoms with E-state index in [4.69, 9.17) is 4.74 Å². The fraction of sp³-hybridized carbons (Fsp3) is 0.550. The summed E-state index contributed by atoms with van der Waals surface area (Å²) in [5.41, 5.74) is 1.15. The summed E-state index contributed by atoms with van der Waals surface area (Å²) >= 11 is 0. The van der Waals surface area contributed by atoms with Crippen LogP contribution in [-0.4, -0.2) is 43.1 Å². The summed E-state index contributed by atoms with van der Waals surface area (Å²) in [6.45, 7) is 11.9. The number of rotatable bonds is 6. The van der Waals surface area contributed by atoms with E-state index in [2.05, 4.69) is 36.7 Å². The molecule has 7 heteroatoms. The summed E-state index contributed by atoms with van der Waals surface area (Å²) in [6, 6.07) is 7.47. The Kier molecular flexibility index (Phi) is 7.82. The quantitative estimate of drug-likeness (QED) is 0.663. The molecule has 0 unspecified atom stereocenters. The normalized spacial score (nSPS) is 11.5. The molecule has 1 rings (SSSR count). The van der Waals surface area contributed by atoms with Gasteiger partial charge in [0.15, 0.2) is 0 Å². The Morgan fingerprint density at radius 1 is 0.852 bits per heavy atom. The predicted molar refractivity (Wildman–Crippen MR) is 105 cm³/mol. The molecule has 7 nitrogen and oxygen atoms in total. The van der Waals surface area contributed by atoms with E-state index in [1.807, 2.05) is 12.1 Å². The second-order valence-corrected chi connectivity index (χ2v) is 8.29. The van der Waals surface area contributed by atoms with Gasteiger partial charge >= 0.3 is 6.09 Å². The van der Waals surface area contributed by atoms with Crippen molar-refractivity contribution in [2.75, 3.05) is 19.6 Å². The minimum atomic E-state index is -0.648.